The van der Waals surface area contributed by atoms with Crippen molar-refractivity contribution in [3.05, 3.63) is 72.1 Å². The van der Waals surface area contributed by atoms with Crippen molar-refractivity contribution in [1.29, 1.82) is 0 Å². The molecular weight excluding hydrogens is 298 g/mol. The van der Waals surface area contributed by atoms with Gasteiger partial charge in [-0.25, -0.2) is 0 Å². The van der Waals surface area contributed by atoms with Crippen LogP contribution in [0, 0.1) is 0 Å². The number of fused-ring (bicyclic) bond motifs is 2. The van der Waals surface area contributed by atoms with E-state index in [2.05, 4.69) is 39.7 Å². The minimum Gasteiger partial charge on any atom is -0.361 e. The maximum absolute atomic E-state index is 12.6. The first-order valence-corrected chi connectivity index (χ1v) is 8.22. The molecule has 2 atom stereocenters. The summed E-state index contributed by atoms with van der Waals surface area (Å²) in [5.41, 5.74) is 4.48. The number of amides is 1. The number of carbonyl (C=O) groups is 1. The molecule has 0 radical (unpaired) electrons. The predicted octanol–water partition coefficient (Wildman–Crippen LogP) is 3.65. The molecule has 0 bridgehead atoms. The van der Waals surface area contributed by atoms with Crippen LogP contribution in [-0.2, 0) is 4.79 Å². The number of para-hydroxylation sites is 2. The minimum absolute atomic E-state index is 0.107. The Balaban J connectivity index is 1.67. The normalized spacial score (nSPS) is 20.8. The van der Waals surface area contributed by atoms with Crippen LogP contribution < -0.4 is 5.32 Å². The Labute approximate surface area is 138 Å². The molecule has 3 heterocycles. The van der Waals surface area contributed by atoms with Crippen molar-refractivity contribution in [3.63, 3.8) is 0 Å². The van der Waals surface area contributed by atoms with Crippen molar-refractivity contribution in [1.82, 2.24) is 15.3 Å². The second-order valence-electron chi connectivity index (χ2n) is 6.41. The third-order valence-corrected chi connectivity index (χ3v) is 5.16. The van der Waals surface area contributed by atoms with E-state index in [0.29, 0.717) is 6.54 Å². The van der Waals surface area contributed by atoms with Gasteiger partial charge in [0.2, 0.25) is 5.91 Å². The Kier molecular flexibility index (Phi) is 2.80. The zero-order valence-electron chi connectivity index (χ0n) is 13.0. The number of nitrogens with one attached hydrogen (secondary N) is 3. The first-order valence-electron chi connectivity index (χ1n) is 8.22. The number of aromatic nitrogens is 2. The third kappa shape index (κ3) is 1.83. The van der Waals surface area contributed by atoms with E-state index in [1.165, 1.54) is 10.9 Å². The maximum Gasteiger partial charge on any atom is 0.228 e. The summed E-state index contributed by atoms with van der Waals surface area (Å²) in [5, 5.41) is 5.39. The van der Waals surface area contributed by atoms with E-state index in [4.69, 9.17) is 0 Å². The van der Waals surface area contributed by atoms with Crippen LogP contribution in [0.1, 0.15) is 23.0 Å². The molecule has 2 aromatic carbocycles. The molecule has 1 fully saturated rings. The fourth-order valence-electron chi connectivity index (χ4n) is 4.02. The average Bonchev–Trinajstić information content (AvgIpc) is 3.31. The zero-order chi connectivity index (χ0) is 16.1. The van der Waals surface area contributed by atoms with Crippen molar-refractivity contribution in [2.75, 3.05) is 6.54 Å². The second-order valence-corrected chi connectivity index (χ2v) is 6.41. The molecule has 1 amide bonds. The molecule has 4 heteroatoms. The summed E-state index contributed by atoms with van der Waals surface area (Å²) in [5.74, 6) is 0.0725. The summed E-state index contributed by atoms with van der Waals surface area (Å²) in [6, 6.07) is 16.4. The third-order valence-electron chi connectivity index (χ3n) is 5.16. The number of aromatic amines is 2. The van der Waals surface area contributed by atoms with Crippen LogP contribution in [0.5, 0.6) is 0 Å². The molecule has 4 nitrogen and oxygen atoms in total. The summed E-state index contributed by atoms with van der Waals surface area (Å²) in [6.45, 7) is 0.671. The molecular formula is C20H17N3O. The number of hydrogen-bond donors (Lipinski definition) is 3. The molecule has 0 aliphatic carbocycles. The van der Waals surface area contributed by atoms with Gasteiger partial charge >= 0.3 is 0 Å². The molecule has 5 rings (SSSR count). The quantitative estimate of drug-likeness (QED) is 0.519. The van der Waals surface area contributed by atoms with Gasteiger partial charge in [-0.2, -0.15) is 0 Å². The standard InChI is InChI=1S/C20H17N3O/c24-20-19(15-10-22-18-8-4-2-6-13(15)18)16(11-23-20)14-9-21-17-7-3-1-5-12(14)17/h1-10,16,19,21-22H,11H2,(H,23,24)/t16-,19+/m0/s1. The Hall–Kier alpha value is -3.01. The second kappa shape index (κ2) is 4.99. The van der Waals surface area contributed by atoms with Gasteiger partial charge in [-0.3, -0.25) is 4.79 Å². The molecule has 1 saturated heterocycles. The molecule has 118 valence electrons. The molecule has 4 aromatic rings. The molecule has 1 aliphatic heterocycles. The highest BCUT2D eigenvalue weighted by atomic mass is 16.2. The predicted molar refractivity (Wildman–Crippen MR) is 95.1 cm³/mol. The van der Waals surface area contributed by atoms with Crippen molar-refractivity contribution < 1.29 is 4.79 Å². The average molecular weight is 315 g/mol. The number of benzene rings is 2. The van der Waals surface area contributed by atoms with Gasteiger partial charge in [0.1, 0.15) is 0 Å². The van der Waals surface area contributed by atoms with Crippen LogP contribution in [0.4, 0.5) is 0 Å². The van der Waals surface area contributed by atoms with Crippen molar-refractivity contribution in [2.24, 2.45) is 0 Å². The van der Waals surface area contributed by atoms with E-state index in [-0.39, 0.29) is 17.7 Å². The van der Waals surface area contributed by atoms with Crippen molar-refractivity contribution in [3.8, 4) is 0 Å². The van der Waals surface area contributed by atoms with Crippen LogP contribution in [0.2, 0.25) is 0 Å². The van der Waals surface area contributed by atoms with Gasteiger partial charge in [-0.05, 0) is 23.3 Å². The van der Waals surface area contributed by atoms with Gasteiger partial charge in [0.15, 0.2) is 0 Å². The maximum atomic E-state index is 12.6. The summed E-state index contributed by atoms with van der Waals surface area (Å²) in [6.07, 6.45) is 4.04. The molecule has 0 unspecified atom stereocenters. The van der Waals surface area contributed by atoms with E-state index in [0.717, 1.165) is 22.0 Å². The molecule has 24 heavy (non-hydrogen) atoms. The highest BCUT2D eigenvalue weighted by Gasteiger charge is 2.39. The fraction of sp³-hybridized carbons (Fsp3) is 0.150. The molecule has 0 saturated carbocycles. The molecule has 3 N–H and O–H groups in total. The van der Waals surface area contributed by atoms with E-state index in [1.54, 1.807) is 0 Å². The first-order chi connectivity index (χ1) is 11.8. The van der Waals surface area contributed by atoms with Crippen LogP contribution >= 0.6 is 0 Å². The van der Waals surface area contributed by atoms with Gasteiger partial charge in [-0.1, -0.05) is 36.4 Å². The van der Waals surface area contributed by atoms with Gasteiger partial charge in [0.05, 0.1) is 5.92 Å². The van der Waals surface area contributed by atoms with Gasteiger partial charge in [0.25, 0.3) is 0 Å². The smallest absolute Gasteiger partial charge is 0.228 e. The first kappa shape index (κ1) is 13.4. The van der Waals surface area contributed by atoms with Crippen molar-refractivity contribution >= 4 is 27.7 Å². The summed E-state index contributed by atoms with van der Waals surface area (Å²) >= 11 is 0. The van der Waals surface area contributed by atoms with Gasteiger partial charge in [0, 0.05) is 46.7 Å². The topological polar surface area (TPSA) is 60.7 Å². The molecule has 1 aliphatic rings. The van der Waals surface area contributed by atoms with E-state index in [9.17, 15) is 4.79 Å². The monoisotopic (exact) mass is 315 g/mol. The number of carbonyl (C=O) groups excluding carboxylic acids is 1. The minimum atomic E-state index is -0.166. The van der Waals surface area contributed by atoms with E-state index in [1.807, 2.05) is 36.5 Å². The van der Waals surface area contributed by atoms with Crippen molar-refractivity contribution in [2.45, 2.75) is 11.8 Å². The SMILES string of the molecule is O=C1NC[C@@H](c2c[nH]c3ccccc23)[C@H]1c1c[nH]c2ccccc12. The lowest BCUT2D eigenvalue weighted by atomic mass is 9.83. The van der Waals surface area contributed by atoms with E-state index < -0.39 is 0 Å². The van der Waals surface area contributed by atoms with E-state index >= 15 is 0 Å². The largest absolute Gasteiger partial charge is 0.361 e. The van der Waals surface area contributed by atoms with Crippen LogP contribution in [0.25, 0.3) is 21.8 Å². The summed E-state index contributed by atoms with van der Waals surface area (Å²) < 4.78 is 0. The number of rotatable bonds is 2. The lowest BCUT2D eigenvalue weighted by molar-refractivity contribution is -0.120. The van der Waals surface area contributed by atoms with Gasteiger partial charge < -0.3 is 15.3 Å². The fourth-order valence-corrected chi connectivity index (χ4v) is 4.02. The van der Waals surface area contributed by atoms with Crippen LogP contribution in [0.15, 0.2) is 60.9 Å². The zero-order valence-corrected chi connectivity index (χ0v) is 13.0. The lowest BCUT2D eigenvalue weighted by Gasteiger charge is -2.16. The Morgan fingerprint density at radius 1 is 0.792 bits per heavy atom. The van der Waals surface area contributed by atoms with Crippen LogP contribution in [-0.4, -0.2) is 22.4 Å². The Morgan fingerprint density at radius 2 is 1.38 bits per heavy atom. The Bertz CT molecular complexity index is 1060. The highest BCUT2D eigenvalue weighted by molar-refractivity contribution is 5.95. The molecule has 2 aromatic heterocycles. The lowest BCUT2D eigenvalue weighted by Crippen LogP contribution is -2.17. The number of H-pyrrole nitrogens is 2. The summed E-state index contributed by atoms with van der Waals surface area (Å²) in [7, 11) is 0. The number of hydrogen-bond acceptors (Lipinski definition) is 1. The van der Waals surface area contributed by atoms with Gasteiger partial charge in [-0.15, -0.1) is 0 Å². The highest BCUT2D eigenvalue weighted by Crippen LogP contribution is 2.41. The summed E-state index contributed by atoms with van der Waals surface area (Å²) in [4.78, 5) is 19.3. The Morgan fingerprint density at radius 3 is 2.08 bits per heavy atom. The van der Waals surface area contributed by atoms with Crippen LogP contribution in [0.3, 0.4) is 0 Å². The molecule has 0 spiro atoms.